The fourth-order valence-corrected chi connectivity index (χ4v) is 7.41. The molecule has 8 atom stereocenters. The number of phosphoric acid groups is 1. The van der Waals surface area contributed by atoms with E-state index in [9.17, 15) is 44.6 Å². The quantitative estimate of drug-likeness (QED) is 0.0189. The van der Waals surface area contributed by atoms with E-state index in [4.69, 9.17) is 18.5 Å². The van der Waals surface area contributed by atoms with Crippen LogP contribution in [-0.4, -0.2) is 93.4 Å². The van der Waals surface area contributed by atoms with Gasteiger partial charge in [-0.25, -0.2) is 0 Å². The number of aliphatic hydroxyl groups excluding tert-OH is 5. The zero-order valence-corrected chi connectivity index (χ0v) is 39.9. The predicted octanol–water partition coefficient (Wildman–Crippen LogP) is 4.76. The third-order valence-electron chi connectivity index (χ3n) is 10.1. The second kappa shape index (κ2) is 38.3. The average Bonchev–Trinajstić information content (AvgIpc) is 3.21. The molecule has 15 heteroatoms. The van der Waals surface area contributed by atoms with Gasteiger partial charge in [0.25, 0.3) is 7.82 Å². The Morgan fingerprint density at radius 3 is 1.38 bits per heavy atom. The number of carbonyl (C=O) groups excluding carboxylic acids is 2. The first kappa shape index (κ1) is 58.8. The molecular formula is C45H78NaO13P. The van der Waals surface area contributed by atoms with Crippen molar-refractivity contribution in [1.82, 2.24) is 0 Å². The first-order valence-electron chi connectivity index (χ1n) is 22.4. The third-order valence-corrected chi connectivity index (χ3v) is 11.1. The minimum absolute atomic E-state index is 0. The van der Waals surface area contributed by atoms with Crippen LogP contribution in [0.25, 0.3) is 0 Å². The molecule has 0 bridgehead atoms. The summed E-state index contributed by atoms with van der Waals surface area (Å²) in [6.07, 6.45) is 26.9. The minimum Gasteiger partial charge on any atom is -0.756 e. The zero-order chi connectivity index (χ0) is 43.6. The monoisotopic (exact) mass is 881 g/mol. The van der Waals surface area contributed by atoms with Crippen LogP contribution in [0.1, 0.15) is 168 Å². The molecule has 0 heterocycles. The van der Waals surface area contributed by atoms with Crippen molar-refractivity contribution < 1.29 is 92.7 Å². The number of allylic oxidation sites excluding steroid dienone is 8. The predicted molar refractivity (Wildman–Crippen MR) is 228 cm³/mol. The normalized spacial score (nSPS) is 22.4. The molecule has 0 aliphatic heterocycles. The van der Waals surface area contributed by atoms with Gasteiger partial charge in [-0.15, -0.1) is 0 Å². The molecule has 60 heavy (non-hydrogen) atoms. The number of aliphatic hydroxyl groups is 5. The number of hydrogen-bond acceptors (Lipinski definition) is 13. The maximum atomic E-state index is 12.7. The van der Waals surface area contributed by atoms with Crippen molar-refractivity contribution in [3.05, 3.63) is 48.6 Å². The largest absolute Gasteiger partial charge is 1.00 e. The van der Waals surface area contributed by atoms with Gasteiger partial charge in [0.15, 0.2) is 6.10 Å². The molecule has 342 valence electrons. The summed E-state index contributed by atoms with van der Waals surface area (Å²) >= 11 is 0. The number of esters is 2. The summed E-state index contributed by atoms with van der Waals surface area (Å²) in [5.74, 6) is -1.17. The van der Waals surface area contributed by atoms with Crippen molar-refractivity contribution >= 4 is 19.8 Å². The summed E-state index contributed by atoms with van der Waals surface area (Å²) in [5, 5.41) is 50.0. The number of rotatable bonds is 36. The summed E-state index contributed by atoms with van der Waals surface area (Å²) in [4.78, 5) is 37.9. The molecule has 0 amide bonds. The van der Waals surface area contributed by atoms with Crippen molar-refractivity contribution in [3.8, 4) is 0 Å². The molecule has 0 aromatic carbocycles. The van der Waals surface area contributed by atoms with E-state index in [1.165, 1.54) is 38.5 Å². The van der Waals surface area contributed by atoms with Crippen molar-refractivity contribution in [1.29, 1.82) is 0 Å². The SMILES string of the molecule is CCCCC/C=C\C/C=C\CCCCCCCC(=O)OC[C@H](COP(=O)([O-])OC1[C@H](O)[C@H](O)C(O)[C@H](O)[C@H]1O)OC(=O)CCCCCCC/C=C\C/C=C\CCCCC.[Na+]. The minimum atomic E-state index is -5.37. The van der Waals surface area contributed by atoms with Gasteiger partial charge >= 0.3 is 41.5 Å². The van der Waals surface area contributed by atoms with Crippen LogP contribution in [0.5, 0.6) is 0 Å². The number of ether oxygens (including phenoxy) is 2. The second-order valence-corrected chi connectivity index (χ2v) is 16.9. The van der Waals surface area contributed by atoms with E-state index in [2.05, 4.69) is 62.5 Å². The molecule has 0 saturated heterocycles. The molecule has 0 aromatic heterocycles. The summed E-state index contributed by atoms with van der Waals surface area (Å²) in [7, 11) is -5.37. The molecule has 1 fully saturated rings. The Morgan fingerprint density at radius 2 is 0.933 bits per heavy atom. The van der Waals surface area contributed by atoms with Gasteiger partial charge in [-0.2, -0.15) is 0 Å². The zero-order valence-electron chi connectivity index (χ0n) is 37.0. The van der Waals surface area contributed by atoms with Gasteiger partial charge in [-0.1, -0.05) is 127 Å². The van der Waals surface area contributed by atoms with Gasteiger partial charge in [-0.3, -0.25) is 14.2 Å². The van der Waals surface area contributed by atoms with Crippen LogP contribution in [0.3, 0.4) is 0 Å². The summed E-state index contributed by atoms with van der Waals surface area (Å²) < 4.78 is 33.1. The van der Waals surface area contributed by atoms with Gasteiger partial charge < -0.3 is 48.9 Å². The van der Waals surface area contributed by atoms with Crippen LogP contribution in [0.2, 0.25) is 0 Å². The average molecular weight is 881 g/mol. The maximum Gasteiger partial charge on any atom is 1.00 e. The number of hydrogen-bond donors (Lipinski definition) is 5. The number of carbonyl (C=O) groups is 2. The van der Waals surface area contributed by atoms with Gasteiger partial charge in [0.1, 0.15) is 43.2 Å². The van der Waals surface area contributed by atoms with Crippen molar-refractivity contribution in [3.63, 3.8) is 0 Å². The molecular weight excluding hydrogens is 802 g/mol. The Kier molecular flexibility index (Phi) is 37.5. The first-order chi connectivity index (χ1) is 28.4. The standard InChI is InChI=1S/C45H79O13P.Na/c1-3-5-7-9-11-13-15-17-19-21-23-25-27-29-31-33-38(46)55-35-37(36-56-59(53,54)58-45-43(51)41(49)40(48)42(50)44(45)52)57-39(47)34-32-30-28-26-24-22-20-18-16-14-12-10-8-6-4-2;/h11-14,17-20,37,40-45,48-52H,3-10,15-16,21-36H2,1-2H3,(H,53,54);/q;+1/p-1/b13-11-,14-12-,19-17-,20-18-;/t37-,40?,41-,42+,43-,44-,45?;/m1./s1. The van der Waals surface area contributed by atoms with Gasteiger partial charge in [-0.05, 0) is 77.0 Å². The molecule has 3 unspecified atom stereocenters. The molecule has 0 aromatic rings. The van der Waals surface area contributed by atoms with E-state index in [0.717, 1.165) is 89.9 Å². The number of unbranched alkanes of at least 4 members (excludes halogenated alkanes) is 16. The topological polar surface area (TPSA) is 212 Å². The third kappa shape index (κ3) is 30.0. The molecule has 1 saturated carbocycles. The van der Waals surface area contributed by atoms with E-state index in [-0.39, 0.29) is 42.4 Å². The molecule has 13 nitrogen and oxygen atoms in total. The van der Waals surface area contributed by atoms with Crippen molar-refractivity contribution in [2.75, 3.05) is 13.2 Å². The van der Waals surface area contributed by atoms with Crippen LogP contribution in [-0.2, 0) is 32.7 Å². The molecule has 0 radical (unpaired) electrons. The van der Waals surface area contributed by atoms with Crippen LogP contribution in [0.4, 0.5) is 0 Å². The Balaban J connectivity index is 0.0000348. The van der Waals surface area contributed by atoms with Crippen LogP contribution < -0.4 is 34.5 Å². The molecule has 1 rings (SSSR count). The fraction of sp³-hybridized carbons (Fsp3) is 0.778. The Bertz CT molecular complexity index is 1230. The van der Waals surface area contributed by atoms with E-state index in [0.29, 0.717) is 12.8 Å². The first-order valence-corrected chi connectivity index (χ1v) is 23.9. The summed E-state index contributed by atoms with van der Waals surface area (Å²) in [6, 6.07) is 0. The molecule has 1 aliphatic rings. The smallest absolute Gasteiger partial charge is 0.756 e. The maximum absolute atomic E-state index is 12.7. The van der Waals surface area contributed by atoms with E-state index >= 15 is 0 Å². The van der Waals surface area contributed by atoms with E-state index in [1.54, 1.807) is 0 Å². The molecule has 1 aliphatic carbocycles. The van der Waals surface area contributed by atoms with Crippen LogP contribution in [0.15, 0.2) is 48.6 Å². The molecule has 5 N–H and O–H groups in total. The molecule has 0 spiro atoms. The van der Waals surface area contributed by atoms with Crippen LogP contribution >= 0.6 is 7.82 Å². The Morgan fingerprint density at radius 1 is 0.550 bits per heavy atom. The summed E-state index contributed by atoms with van der Waals surface area (Å²) in [5.41, 5.74) is 0. The van der Waals surface area contributed by atoms with Crippen LogP contribution in [0, 0.1) is 0 Å². The fourth-order valence-electron chi connectivity index (χ4n) is 6.46. The van der Waals surface area contributed by atoms with E-state index < -0.39 is 75.7 Å². The van der Waals surface area contributed by atoms with Gasteiger partial charge in [0.2, 0.25) is 0 Å². The van der Waals surface area contributed by atoms with Gasteiger partial charge in [0, 0.05) is 12.8 Å². The Labute approximate surface area is 383 Å². The van der Waals surface area contributed by atoms with Crippen molar-refractivity contribution in [2.24, 2.45) is 0 Å². The van der Waals surface area contributed by atoms with E-state index in [1.807, 2.05) is 0 Å². The number of phosphoric ester groups is 1. The summed E-state index contributed by atoms with van der Waals surface area (Å²) in [6.45, 7) is 3.12. The Hall–Kier alpha value is -1.19. The second-order valence-electron chi connectivity index (χ2n) is 15.5. The van der Waals surface area contributed by atoms with Crippen molar-refractivity contribution in [2.45, 2.75) is 211 Å². The van der Waals surface area contributed by atoms with Gasteiger partial charge in [0.05, 0.1) is 6.61 Å².